The van der Waals surface area contributed by atoms with Crippen LogP contribution in [0, 0.1) is 6.92 Å². The van der Waals surface area contributed by atoms with Gasteiger partial charge in [0, 0.05) is 17.6 Å². The lowest BCUT2D eigenvalue weighted by atomic mass is 9.95. The van der Waals surface area contributed by atoms with Gasteiger partial charge in [0.25, 0.3) is 0 Å². The largest absolute Gasteiger partial charge is 0.379 e. The average molecular weight is 279 g/mol. The van der Waals surface area contributed by atoms with Crippen molar-refractivity contribution in [2.75, 3.05) is 24.0 Å². The van der Waals surface area contributed by atoms with Crippen LogP contribution in [-0.4, -0.2) is 28.7 Å². The van der Waals surface area contributed by atoms with Gasteiger partial charge in [0.2, 0.25) is 0 Å². The van der Waals surface area contributed by atoms with E-state index in [2.05, 4.69) is 48.4 Å². The molecule has 2 heterocycles. The van der Waals surface area contributed by atoms with Crippen molar-refractivity contribution in [3.63, 3.8) is 0 Å². The van der Waals surface area contributed by atoms with Gasteiger partial charge in [-0.1, -0.05) is 20.8 Å². The molecule has 0 amide bonds. The van der Waals surface area contributed by atoms with Gasteiger partial charge in [-0.3, -0.25) is 0 Å². The van der Waals surface area contributed by atoms with Gasteiger partial charge in [-0.25, -0.2) is 15.8 Å². The molecule has 1 aliphatic heterocycles. The molecular weight excluding hydrogens is 254 g/mol. The number of ether oxygens (including phenoxy) is 1. The van der Waals surface area contributed by atoms with E-state index in [9.17, 15) is 0 Å². The molecule has 0 aromatic carbocycles. The monoisotopic (exact) mass is 279 g/mol. The molecule has 112 valence electrons. The quantitative estimate of drug-likeness (QED) is 0.579. The van der Waals surface area contributed by atoms with Crippen LogP contribution < -0.4 is 16.6 Å². The zero-order chi connectivity index (χ0) is 15.0. The molecular formula is C14H25N5O. The zero-order valence-corrected chi connectivity index (χ0v) is 13.0. The van der Waals surface area contributed by atoms with Gasteiger partial charge >= 0.3 is 0 Å². The first-order chi connectivity index (χ1) is 9.25. The molecule has 0 spiro atoms. The van der Waals surface area contributed by atoms with Gasteiger partial charge in [-0.15, -0.1) is 0 Å². The molecule has 20 heavy (non-hydrogen) atoms. The van der Waals surface area contributed by atoms with Crippen LogP contribution in [0.3, 0.4) is 0 Å². The molecule has 1 fully saturated rings. The number of aromatic nitrogens is 2. The number of nitrogens with two attached hydrogens (primary N) is 1. The van der Waals surface area contributed by atoms with E-state index in [0.717, 1.165) is 30.2 Å². The Morgan fingerprint density at radius 1 is 1.25 bits per heavy atom. The Balaban J connectivity index is 2.40. The van der Waals surface area contributed by atoms with Crippen molar-refractivity contribution in [3.8, 4) is 0 Å². The summed E-state index contributed by atoms with van der Waals surface area (Å²) in [6.07, 6.45) is 0.965. The Kier molecular flexibility index (Phi) is 3.88. The van der Waals surface area contributed by atoms with E-state index in [1.807, 2.05) is 6.92 Å². The number of hydrogen-bond acceptors (Lipinski definition) is 6. The van der Waals surface area contributed by atoms with E-state index in [-0.39, 0.29) is 11.0 Å². The highest BCUT2D eigenvalue weighted by atomic mass is 16.5. The maximum atomic E-state index is 5.58. The van der Waals surface area contributed by atoms with Crippen LogP contribution in [0.2, 0.25) is 0 Å². The Morgan fingerprint density at radius 2 is 1.90 bits per heavy atom. The van der Waals surface area contributed by atoms with Crippen molar-refractivity contribution in [3.05, 3.63) is 11.4 Å². The molecule has 1 saturated heterocycles. The fourth-order valence-electron chi connectivity index (χ4n) is 2.17. The van der Waals surface area contributed by atoms with Crippen molar-refractivity contribution in [1.29, 1.82) is 0 Å². The third-order valence-electron chi connectivity index (χ3n) is 3.59. The van der Waals surface area contributed by atoms with E-state index in [1.165, 1.54) is 0 Å². The highest BCUT2D eigenvalue weighted by Gasteiger charge is 2.31. The SMILES string of the molecule is Cc1c(NN)nc(C(C)(C)C)nc1NC1(C)CCOC1. The Hall–Kier alpha value is -1.40. The molecule has 6 heteroatoms. The first-order valence-electron chi connectivity index (χ1n) is 6.97. The summed E-state index contributed by atoms with van der Waals surface area (Å²) in [6, 6.07) is 0. The lowest BCUT2D eigenvalue weighted by Crippen LogP contribution is -2.36. The second-order valence-electron chi connectivity index (χ2n) is 6.75. The normalized spacial score (nSPS) is 22.9. The van der Waals surface area contributed by atoms with Gasteiger partial charge in [0.1, 0.15) is 17.5 Å². The number of hydrazine groups is 1. The lowest BCUT2D eigenvalue weighted by molar-refractivity contribution is 0.185. The minimum Gasteiger partial charge on any atom is -0.379 e. The third kappa shape index (κ3) is 3.02. The van der Waals surface area contributed by atoms with Crippen molar-refractivity contribution in [1.82, 2.24) is 9.97 Å². The molecule has 4 N–H and O–H groups in total. The number of rotatable bonds is 3. The van der Waals surface area contributed by atoms with E-state index in [0.29, 0.717) is 12.4 Å². The molecule has 0 radical (unpaired) electrons. The van der Waals surface area contributed by atoms with Gasteiger partial charge in [-0.05, 0) is 20.3 Å². The summed E-state index contributed by atoms with van der Waals surface area (Å²) < 4.78 is 5.48. The van der Waals surface area contributed by atoms with Gasteiger partial charge < -0.3 is 15.5 Å². The molecule has 0 bridgehead atoms. The summed E-state index contributed by atoms with van der Waals surface area (Å²) >= 11 is 0. The Bertz CT molecular complexity index is 489. The van der Waals surface area contributed by atoms with Crippen molar-refractivity contribution in [2.45, 2.75) is 52.0 Å². The second-order valence-corrected chi connectivity index (χ2v) is 6.75. The smallest absolute Gasteiger partial charge is 0.148 e. The van der Waals surface area contributed by atoms with Crippen molar-refractivity contribution in [2.24, 2.45) is 5.84 Å². The molecule has 1 aromatic rings. The van der Waals surface area contributed by atoms with Crippen LogP contribution in [0.4, 0.5) is 11.6 Å². The summed E-state index contributed by atoms with van der Waals surface area (Å²) in [6.45, 7) is 11.8. The van der Waals surface area contributed by atoms with Crippen LogP contribution in [0.15, 0.2) is 0 Å². The standard InChI is InChI=1S/C14H25N5O/c1-9-10(18-14(5)6-7-20-8-14)16-12(13(2,3)4)17-11(9)19-15/h6-8,15H2,1-5H3,(H2,16,17,18,19). The minimum absolute atomic E-state index is 0.0832. The molecule has 0 aliphatic carbocycles. The number of nitrogens with zero attached hydrogens (tertiary/aromatic N) is 2. The molecule has 1 atom stereocenters. The van der Waals surface area contributed by atoms with Crippen LogP contribution in [0.5, 0.6) is 0 Å². The summed E-state index contributed by atoms with van der Waals surface area (Å²) in [4.78, 5) is 9.19. The summed E-state index contributed by atoms with van der Waals surface area (Å²) in [5.41, 5.74) is 3.37. The molecule has 1 unspecified atom stereocenters. The highest BCUT2D eigenvalue weighted by Crippen LogP contribution is 2.29. The lowest BCUT2D eigenvalue weighted by Gasteiger charge is -2.27. The number of nitrogen functional groups attached to an aromatic ring is 1. The predicted octanol–water partition coefficient (Wildman–Crippen LogP) is 1.96. The van der Waals surface area contributed by atoms with Crippen molar-refractivity contribution >= 4 is 11.6 Å². The van der Waals surface area contributed by atoms with E-state index in [4.69, 9.17) is 10.6 Å². The number of anilines is 2. The Morgan fingerprint density at radius 3 is 2.40 bits per heavy atom. The van der Waals surface area contributed by atoms with Gasteiger partial charge in [0.05, 0.1) is 12.1 Å². The summed E-state index contributed by atoms with van der Waals surface area (Å²) in [5.74, 6) is 7.83. The minimum atomic E-state index is -0.136. The van der Waals surface area contributed by atoms with Gasteiger partial charge in [0.15, 0.2) is 0 Å². The topological polar surface area (TPSA) is 85.1 Å². The molecule has 2 rings (SSSR count). The van der Waals surface area contributed by atoms with E-state index in [1.54, 1.807) is 0 Å². The fraction of sp³-hybridized carbons (Fsp3) is 0.714. The van der Waals surface area contributed by atoms with E-state index >= 15 is 0 Å². The molecule has 1 aromatic heterocycles. The first kappa shape index (κ1) is 15.0. The second kappa shape index (κ2) is 5.18. The zero-order valence-electron chi connectivity index (χ0n) is 13.0. The summed E-state index contributed by atoms with van der Waals surface area (Å²) in [7, 11) is 0. The van der Waals surface area contributed by atoms with Crippen LogP contribution in [0.25, 0.3) is 0 Å². The van der Waals surface area contributed by atoms with Crippen molar-refractivity contribution < 1.29 is 4.74 Å². The maximum absolute atomic E-state index is 5.58. The van der Waals surface area contributed by atoms with E-state index < -0.39 is 0 Å². The third-order valence-corrected chi connectivity index (χ3v) is 3.59. The predicted molar refractivity (Wildman–Crippen MR) is 80.7 cm³/mol. The number of nitrogens with one attached hydrogen (secondary N) is 2. The van der Waals surface area contributed by atoms with Gasteiger partial charge in [-0.2, -0.15) is 0 Å². The Labute approximate surface area is 120 Å². The first-order valence-corrected chi connectivity index (χ1v) is 6.97. The molecule has 1 aliphatic rings. The van der Waals surface area contributed by atoms with Crippen LogP contribution in [-0.2, 0) is 10.2 Å². The number of hydrogen-bond donors (Lipinski definition) is 3. The fourth-order valence-corrected chi connectivity index (χ4v) is 2.17. The summed E-state index contributed by atoms with van der Waals surface area (Å²) in [5, 5.41) is 3.50. The highest BCUT2D eigenvalue weighted by molar-refractivity contribution is 5.58. The van der Waals surface area contributed by atoms with Crippen LogP contribution in [0.1, 0.15) is 45.5 Å². The molecule has 6 nitrogen and oxygen atoms in total. The molecule has 0 saturated carbocycles. The van der Waals surface area contributed by atoms with Crippen LogP contribution >= 0.6 is 0 Å². The average Bonchev–Trinajstić information content (AvgIpc) is 2.77. The maximum Gasteiger partial charge on any atom is 0.148 e.